The topological polar surface area (TPSA) is 88.1 Å². The maximum Gasteiger partial charge on any atom is 0.262 e. The van der Waals surface area contributed by atoms with E-state index in [1.54, 1.807) is 25.2 Å². The largest absolute Gasteiger partial charge is 0.482 e. The Morgan fingerprint density at radius 1 is 1.57 bits per heavy atom. The lowest BCUT2D eigenvalue weighted by molar-refractivity contribution is -0.118. The van der Waals surface area contributed by atoms with E-state index in [0.717, 1.165) is 0 Å². The summed E-state index contributed by atoms with van der Waals surface area (Å²) in [6, 6.07) is 4.81. The molecule has 0 aromatic heterocycles. The summed E-state index contributed by atoms with van der Waals surface area (Å²) < 4.78 is 10.1. The van der Waals surface area contributed by atoms with Gasteiger partial charge in [0.2, 0.25) is 0 Å². The van der Waals surface area contributed by atoms with Crippen molar-refractivity contribution in [1.82, 2.24) is 4.90 Å². The molecule has 2 N–H and O–H groups in total. The van der Waals surface area contributed by atoms with Crippen molar-refractivity contribution in [2.45, 2.75) is 6.10 Å². The predicted molar refractivity (Wildman–Crippen MR) is 75.4 cm³/mol. The van der Waals surface area contributed by atoms with Crippen LogP contribution in [0.4, 0.5) is 5.69 Å². The van der Waals surface area contributed by atoms with Crippen LogP contribution in [-0.2, 0) is 9.53 Å². The lowest BCUT2D eigenvalue weighted by Crippen LogP contribution is -2.36. The molecule has 0 aliphatic carbocycles. The molecule has 21 heavy (non-hydrogen) atoms. The fourth-order valence-corrected chi connectivity index (χ4v) is 2.07. The number of nitrogens with one attached hydrogen (secondary N) is 1. The van der Waals surface area contributed by atoms with E-state index in [2.05, 4.69) is 5.32 Å². The molecule has 1 aromatic rings. The standard InChI is InChI=1S/C14H18N2O5/c1-16(6-10(17)7-20-2)14(19)9-3-4-11-12(5-9)21-8-13(18)15-11/h3-5,10,17H,6-8H2,1-2H3,(H,15,18). The highest BCUT2D eigenvalue weighted by atomic mass is 16.5. The van der Waals surface area contributed by atoms with E-state index < -0.39 is 6.10 Å². The number of hydrogen-bond donors (Lipinski definition) is 2. The Hall–Kier alpha value is -2.12. The number of carbonyl (C=O) groups excluding carboxylic acids is 2. The first-order valence-corrected chi connectivity index (χ1v) is 6.50. The molecule has 1 aliphatic heterocycles. The third kappa shape index (κ3) is 3.71. The van der Waals surface area contributed by atoms with Gasteiger partial charge in [-0.1, -0.05) is 0 Å². The Morgan fingerprint density at radius 3 is 3.05 bits per heavy atom. The number of nitrogens with zero attached hydrogens (tertiary/aromatic N) is 1. The van der Waals surface area contributed by atoms with E-state index in [1.807, 2.05) is 0 Å². The molecule has 0 radical (unpaired) electrons. The summed E-state index contributed by atoms with van der Waals surface area (Å²) in [5.74, 6) is 0.00104. The van der Waals surface area contributed by atoms with Gasteiger partial charge in [-0.3, -0.25) is 9.59 Å². The zero-order valence-corrected chi connectivity index (χ0v) is 12.0. The summed E-state index contributed by atoms with van der Waals surface area (Å²) >= 11 is 0. The van der Waals surface area contributed by atoms with E-state index in [4.69, 9.17) is 9.47 Å². The zero-order valence-electron chi connectivity index (χ0n) is 12.0. The maximum atomic E-state index is 12.3. The minimum absolute atomic E-state index is 0.0625. The normalized spacial score (nSPS) is 14.7. The number of ether oxygens (including phenoxy) is 2. The summed E-state index contributed by atoms with van der Waals surface area (Å²) in [6.07, 6.45) is -0.739. The number of anilines is 1. The summed E-state index contributed by atoms with van der Waals surface area (Å²) in [7, 11) is 3.09. The van der Waals surface area contributed by atoms with Crippen LogP contribution >= 0.6 is 0 Å². The van der Waals surface area contributed by atoms with Gasteiger partial charge in [-0.15, -0.1) is 0 Å². The van der Waals surface area contributed by atoms with Crippen LogP contribution in [0.15, 0.2) is 18.2 Å². The van der Waals surface area contributed by atoms with Crippen LogP contribution < -0.4 is 10.1 Å². The zero-order chi connectivity index (χ0) is 15.4. The number of benzene rings is 1. The first-order valence-electron chi connectivity index (χ1n) is 6.50. The van der Waals surface area contributed by atoms with Crippen molar-refractivity contribution in [3.8, 4) is 5.75 Å². The number of hydrogen-bond acceptors (Lipinski definition) is 5. The molecule has 0 bridgehead atoms. The number of likely N-dealkylation sites (N-methyl/N-ethyl adjacent to an activating group) is 1. The van der Waals surface area contributed by atoms with E-state index in [-0.39, 0.29) is 31.6 Å². The van der Waals surface area contributed by atoms with Gasteiger partial charge in [0.25, 0.3) is 11.8 Å². The molecule has 2 amide bonds. The minimum Gasteiger partial charge on any atom is -0.482 e. The Kier molecular flexibility index (Phi) is 4.77. The van der Waals surface area contributed by atoms with Crippen molar-refractivity contribution in [3.63, 3.8) is 0 Å². The Balaban J connectivity index is 2.07. The Morgan fingerprint density at radius 2 is 2.33 bits per heavy atom. The van der Waals surface area contributed by atoms with Crippen LogP contribution in [0.25, 0.3) is 0 Å². The van der Waals surface area contributed by atoms with Gasteiger partial charge in [0, 0.05) is 26.3 Å². The number of fused-ring (bicyclic) bond motifs is 1. The van der Waals surface area contributed by atoms with Gasteiger partial charge >= 0.3 is 0 Å². The summed E-state index contributed by atoms with van der Waals surface area (Å²) in [6.45, 7) is 0.269. The van der Waals surface area contributed by atoms with Crippen LogP contribution in [-0.4, -0.2) is 61.8 Å². The molecular formula is C14H18N2O5. The average Bonchev–Trinajstić information content (AvgIpc) is 2.46. The smallest absolute Gasteiger partial charge is 0.262 e. The SMILES string of the molecule is COCC(O)CN(C)C(=O)c1ccc2c(c1)OCC(=O)N2. The first kappa shape index (κ1) is 15.3. The molecule has 1 aromatic carbocycles. The second-order valence-corrected chi connectivity index (χ2v) is 4.84. The van der Waals surface area contributed by atoms with Crippen LogP contribution in [0.2, 0.25) is 0 Å². The monoisotopic (exact) mass is 294 g/mol. The highest BCUT2D eigenvalue weighted by Gasteiger charge is 2.20. The average molecular weight is 294 g/mol. The molecule has 0 saturated carbocycles. The van der Waals surface area contributed by atoms with Gasteiger partial charge in [0.15, 0.2) is 6.61 Å². The number of carbonyl (C=O) groups is 2. The van der Waals surface area contributed by atoms with Gasteiger partial charge in [0.1, 0.15) is 5.75 Å². The molecule has 0 spiro atoms. The summed E-state index contributed by atoms with van der Waals surface area (Å²) in [5.41, 5.74) is 0.974. The summed E-state index contributed by atoms with van der Waals surface area (Å²) in [4.78, 5) is 24.9. The molecule has 7 heteroatoms. The number of rotatable bonds is 5. The van der Waals surface area contributed by atoms with Crippen molar-refractivity contribution >= 4 is 17.5 Å². The summed E-state index contributed by atoms with van der Waals surface area (Å²) in [5, 5.41) is 12.3. The van der Waals surface area contributed by atoms with Crippen LogP contribution in [0.3, 0.4) is 0 Å². The lowest BCUT2D eigenvalue weighted by atomic mass is 10.1. The van der Waals surface area contributed by atoms with Crippen LogP contribution in [0.5, 0.6) is 5.75 Å². The van der Waals surface area contributed by atoms with Crippen molar-refractivity contribution in [2.24, 2.45) is 0 Å². The van der Waals surface area contributed by atoms with Gasteiger partial charge in [-0.05, 0) is 18.2 Å². The molecule has 2 rings (SSSR count). The van der Waals surface area contributed by atoms with Crippen molar-refractivity contribution in [3.05, 3.63) is 23.8 Å². The van der Waals surface area contributed by atoms with E-state index in [0.29, 0.717) is 17.0 Å². The predicted octanol–water partition coefficient (Wildman–Crippen LogP) is 0.0968. The highest BCUT2D eigenvalue weighted by Crippen LogP contribution is 2.28. The molecule has 114 valence electrons. The number of aliphatic hydroxyl groups excluding tert-OH is 1. The second-order valence-electron chi connectivity index (χ2n) is 4.84. The Labute approximate surface area is 122 Å². The molecule has 1 atom stereocenters. The fourth-order valence-electron chi connectivity index (χ4n) is 2.07. The number of amides is 2. The van der Waals surface area contributed by atoms with E-state index >= 15 is 0 Å². The molecule has 1 aliphatic rings. The van der Waals surface area contributed by atoms with Gasteiger partial charge in [-0.25, -0.2) is 0 Å². The fraction of sp³-hybridized carbons (Fsp3) is 0.429. The minimum atomic E-state index is -0.739. The third-order valence-electron chi connectivity index (χ3n) is 3.05. The Bertz CT molecular complexity index is 546. The molecule has 7 nitrogen and oxygen atoms in total. The second kappa shape index (κ2) is 6.55. The maximum absolute atomic E-state index is 12.3. The third-order valence-corrected chi connectivity index (χ3v) is 3.05. The van der Waals surface area contributed by atoms with E-state index in [1.165, 1.54) is 12.0 Å². The lowest BCUT2D eigenvalue weighted by Gasteiger charge is -2.22. The molecule has 1 unspecified atom stereocenters. The van der Waals surface area contributed by atoms with Crippen molar-refractivity contribution < 1.29 is 24.2 Å². The van der Waals surface area contributed by atoms with Gasteiger partial charge in [-0.2, -0.15) is 0 Å². The van der Waals surface area contributed by atoms with Crippen LogP contribution in [0.1, 0.15) is 10.4 Å². The number of methoxy groups -OCH3 is 1. The molecule has 0 saturated heterocycles. The van der Waals surface area contributed by atoms with Crippen molar-refractivity contribution in [1.29, 1.82) is 0 Å². The molecule has 1 heterocycles. The molecule has 0 fully saturated rings. The number of aliphatic hydroxyl groups is 1. The van der Waals surface area contributed by atoms with Gasteiger partial charge < -0.3 is 24.8 Å². The van der Waals surface area contributed by atoms with E-state index in [9.17, 15) is 14.7 Å². The highest BCUT2D eigenvalue weighted by molar-refractivity contribution is 5.98. The first-order chi connectivity index (χ1) is 10.0. The quantitative estimate of drug-likeness (QED) is 0.804. The van der Waals surface area contributed by atoms with Crippen molar-refractivity contribution in [2.75, 3.05) is 39.2 Å². The van der Waals surface area contributed by atoms with Gasteiger partial charge in [0.05, 0.1) is 18.4 Å². The molecular weight excluding hydrogens is 276 g/mol. The van der Waals surface area contributed by atoms with Crippen LogP contribution in [0, 0.1) is 0 Å².